The summed E-state index contributed by atoms with van der Waals surface area (Å²) in [7, 11) is 0. The number of carboxylic acids is 1. The lowest BCUT2D eigenvalue weighted by Gasteiger charge is -2.32. The standard InChI is InChI=1S/C12H22N2O4S/c1-19-7-3-2-4-13-12(17)14-5-6-18-10(9-14)8-11(15)16/h10H,2-9H2,1H3,(H,13,17)(H,15,16). The fourth-order valence-electron chi connectivity index (χ4n) is 1.90. The summed E-state index contributed by atoms with van der Waals surface area (Å²) in [5, 5.41) is 11.6. The molecule has 0 bridgehead atoms. The predicted octanol–water partition coefficient (Wildman–Crippen LogP) is 1.01. The van der Waals surface area contributed by atoms with E-state index in [1.165, 1.54) is 0 Å². The van der Waals surface area contributed by atoms with Gasteiger partial charge in [0.05, 0.1) is 19.1 Å². The second kappa shape index (κ2) is 9.03. The number of carbonyl (C=O) groups excluding carboxylic acids is 1. The first kappa shape index (κ1) is 16.1. The van der Waals surface area contributed by atoms with Crippen molar-refractivity contribution in [2.24, 2.45) is 0 Å². The van der Waals surface area contributed by atoms with Crippen LogP contribution in [0.15, 0.2) is 0 Å². The Labute approximate surface area is 117 Å². The normalized spacial score (nSPS) is 19.2. The van der Waals surface area contributed by atoms with E-state index in [1.807, 2.05) is 0 Å². The van der Waals surface area contributed by atoms with Gasteiger partial charge < -0.3 is 20.1 Å². The fraction of sp³-hybridized carbons (Fsp3) is 0.833. The number of rotatable bonds is 7. The van der Waals surface area contributed by atoms with Crippen molar-refractivity contribution >= 4 is 23.8 Å². The van der Waals surface area contributed by atoms with Crippen LogP contribution >= 0.6 is 11.8 Å². The van der Waals surface area contributed by atoms with Gasteiger partial charge in [0, 0.05) is 19.6 Å². The Balaban J connectivity index is 2.22. The van der Waals surface area contributed by atoms with E-state index >= 15 is 0 Å². The molecule has 1 rings (SSSR count). The Morgan fingerprint density at radius 2 is 2.26 bits per heavy atom. The van der Waals surface area contributed by atoms with Crippen LogP contribution in [0.25, 0.3) is 0 Å². The van der Waals surface area contributed by atoms with Gasteiger partial charge in [-0.2, -0.15) is 11.8 Å². The molecule has 0 aliphatic carbocycles. The minimum Gasteiger partial charge on any atom is -0.481 e. The average Bonchev–Trinajstić information content (AvgIpc) is 2.38. The summed E-state index contributed by atoms with van der Waals surface area (Å²) in [5.41, 5.74) is 0. The zero-order valence-electron chi connectivity index (χ0n) is 11.3. The number of amides is 2. The highest BCUT2D eigenvalue weighted by atomic mass is 32.2. The predicted molar refractivity (Wildman–Crippen MR) is 74.6 cm³/mol. The van der Waals surface area contributed by atoms with E-state index in [0.717, 1.165) is 18.6 Å². The van der Waals surface area contributed by atoms with Gasteiger partial charge in [-0.3, -0.25) is 4.79 Å². The SMILES string of the molecule is CSCCCCNC(=O)N1CCOC(CC(=O)O)C1. The van der Waals surface area contributed by atoms with Crippen LogP contribution in [0.4, 0.5) is 4.79 Å². The van der Waals surface area contributed by atoms with Crippen LogP contribution in [0.1, 0.15) is 19.3 Å². The van der Waals surface area contributed by atoms with Gasteiger partial charge in [-0.25, -0.2) is 4.79 Å². The van der Waals surface area contributed by atoms with Crippen molar-refractivity contribution in [3.8, 4) is 0 Å². The second-order valence-electron chi connectivity index (χ2n) is 4.47. The van der Waals surface area contributed by atoms with E-state index in [9.17, 15) is 9.59 Å². The van der Waals surface area contributed by atoms with Gasteiger partial charge in [-0.05, 0) is 24.9 Å². The highest BCUT2D eigenvalue weighted by Gasteiger charge is 2.25. The van der Waals surface area contributed by atoms with Crippen molar-refractivity contribution in [3.05, 3.63) is 0 Å². The van der Waals surface area contributed by atoms with Crippen molar-refractivity contribution in [2.45, 2.75) is 25.4 Å². The topological polar surface area (TPSA) is 78.9 Å². The third-order valence-electron chi connectivity index (χ3n) is 2.88. The molecule has 1 unspecified atom stereocenters. The van der Waals surface area contributed by atoms with Gasteiger partial charge in [-0.15, -0.1) is 0 Å². The second-order valence-corrected chi connectivity index (χ2v) is 5.45. The molecule has 0 radical (unpaired) electrons. The summed E-state index contributed by atoms with van der Waals surface area (Å²) >= 11 is 1.80. The molecule has 110 valence electrons. The molecule has 0 spiro atoms. The zero-order chi connectivity index (χ0) is 14.1. The highest BCUT2D eigenvalue weighted by Crippen LogP contribution is 2.09. The minimum absolute atomic E-state index is 0.0580. The number of carbonyl (C=O) groups is 2. The molecule has 1 aliphatic rings. The highest BCUT2D eigenvalue weighted by molar-refractivity contribution is 7.98. The van der Waals surface area contributed by atoms with E-state index in [0.29, 0.717) is 26.2 Å². The lowest BCUT2D eigenvalue weighted by Crippen LogP contribution is -2.50. The van der Waals surface area contributed by atoms with E-state index in [-0.39, 0.29) is 12.5 Å². The summed E-state index contributed by atoms with van der Waals surface area (Å²) in [6, 6.07) is -0.122. The lowest BCUT2D eigenvalue weighted by atomic mass is 10.2. The van der Waals surface area contributed by atoms with Crippen LogP contribution in [0.5, 0.6) is 0 Å². The number of unbranched alkanes of at least 4 members (excludes halogenated alkanes) is 1. The number of morpholine rings is 1. The quantitative estimate of drug-likeness (QED) is 0.684. The molecule has 0 saturated carbocycles. The summed E-state index contributed by atoms with van der Waals surface area (Å²) in [6.07, 6.45) is 3.67. The number of urea groups is 1. The minimum atomic E-state index is -0.899. The molecule has 0 aromatic heterocycles. The maximum absolute atomic E-state index is 11.9. The van der Waals surface area contributed by atoms with E-state index in [1.54, 1.807) is 16.7 Å². The number of ether oxygens (including phenoxy) is 1. The van der Waals surface area contributed by atoms with Crippen LogP contribution < -0.4 is 5.32 Å². The van der Waals surface area contributed by atoms with Crippen LogP contribution in [0.2, 0.25) is 0 Å². The number of hydrogen-bond acceptors (Lipinski definition) is 4. The van der Waals surface area contributed by atoms with Crippen LogP contribution in [0, 0.1) is 0 Å². The first-order valence-corrected chi connectivity index (χ1v) is 7.88. The molecule has 1 saturated heterocycles. The van der Waals surface area contributed by atoms with Crippen molar-refractivity contribution in [1.82, 2.24) is 10.2 Å². The summed E-state index contributed by atoms with van der Waals surface area (Å²) in [5.74, 6) is 0.206. The summed E-state index contributed by atoms with van der Waals surface area (Å²) in [6.45, 7) is 1.94. The molecule has 1 atom stereocenters. The third-order valence-corrected chi connectivity index (χ3v) is 3.58. The van der Waals surface area contributed by atoms with Gasteiger partial charge >= 0.3 is 12.0 Å². The molecule has 0 aromatic carbocycles. The monoisotopic (exact) mass is 290 g/mol. The molecule has 1 fully saturated rings. The van der Waals surface area contributed by atoms with Crippen LogP contribution in [0.3, 0.4) is 0 Å². The van der Waals surface area contributed by atoms with Crippen molar-refractivity contribution in [3.63, 3.8) is 0 Å². The number of nitrogens with zero attached hydrogens (tertiary/aromatic N) is 1. The zero-order valence-corrected chi connectivity index (χ0v) is 12.1. The number of thioether (sulfide) groups is 1. The smallest absolute Gasteiger partial charge is 0.317 e. The lowest BCUT2D eigenvalue weighted by molar-refractivity contribution is -0.141. The third kappa shape index (κ3) is 6.68. The maximum atomic E-state index is 11.9. The van der Waals surface area contributed by atoms with Gasteiger partial charge in [0.15, 0.2) is 0 Å². The first-order chi connectivity index (χ1) is 9.13. The molecule has 19 heavy (non-hydrogen) atoms. The summed E-state index contributed by atoms with van der Waals surface area (Å²) < 4.78 is 5.32. The first-order valence-electron chi connectivity index (χ1n) is 6.48. The Morgan fingerprint density at radius 3 is 2.95 bits per heavy atom. The fourth-order valence-corrected chi connectivity index (χ4v) is 2.39. The van der Waals surface area contributed by atoms with E-state index in [4.69, 9.17) is 9.84 Å². The molecule has 0 aromatic rings. The number of hydrogen-bond donors (Lipinski definition) is 2. The molecule has 1 heterocycles. The number of nitrogens with one attached hydrogen (secondary N) is 1. The maximum Gasteiger partial charge on any atom is 0.317 e. The molecule has 1 aliphatic heterocycles. The molecular formula is C12H22N2O4S. The summed E-state index contributed by atoms with van der Waals surface area (Å²) in [4.78, 5) is 24.1. The van der Waals surface area contributed by atoms with Gasteiger partial charge in [-0.1, -0.05) is 0 Å². The van der Waals surface area contributed by atoms with E-state index in [2.05, 4.69) is 11.6 Å². The molecular weight excluding hydrogens is 268 g/mol. The van der Waals surface area contributed by atoms with E-state index < -0.39 is 12.1 Å². The van der Waals surface area contributed by atoms with Gasteiger partial charge in [0.1, 0.15) is 0 Å². The van der Waals surface area contributed by atoms with Gasteiger partial charge in [0.25, 0.3) is 0 Å². The van der Waals surface area contributed by atoms with Crippen LogP contribution in [-0.4, -0.2) is 66.4 Å². The van der Waals surface area contributed by atoms with Crippen LogP contribution in [-0.2, 0) is 9.53 Å². The Bertz CT molecular complexity index is 301. The molecule has 2 N–H and O–H groups in total. The Morgan fingerprint density at radius 1 is 1.47 bits per heavy atom. The van der Waals surface area contributed by atoms with Crippen molar-refractivity contribution in [1.29, 1.82) is 0 Å². The van der Waals surface area contributed by atoms with Crippen molar-refractivity contribution in [2.75, 3.05) is 38.2 Å². The largest absolute Gasteiger partial charge is 0.481 e. The molecule has 6 nitrogen and oxygen atoms in total. The van der Waals surface area contributed by atoms with Crippen molar-refractivity contribution < 1.29 is 19.4 Å². The Hall–Kier alpha value is -0.950. The number of aliphatic carboxylic acids is 1. The molecule has 7 heteroatoms. The van der Waals surface area contributed by atoms with Gasteiger partial charge in [0.2, 0.25) is 0 Å². The average molecular weight is 290 g/mol. The number of carboxylic acid groups (broad SMARTS) is 1. The Kier molecular flexibility index (Phi) is 7.66. The molecule has 2 amide bonds.